The maximum Gasteiger partial charge on any atom is 0.195 e. The molecule has 1 aliphatic heterocycles. The Morgan fingerprint density at radius 2 is 2.18 bits per heavy atom. The highest BCUT2D eigenvalue weighted by molar-refractivity contribution is 5.95. The molecule has 0 spiro atoms. The fourth-order valence-electron chi connectivity index (χ4n) is 2.03. The van der Waals surface area contributed by atoms with Crippen LogP contribution in [0.2, 0.25) is 0 Å². The van der Waals surface area contributed by atoms with Gasteiger partial charge in [-0.1, -0.05) is 38.0 Å². The molecule has 0 aromatic heterocycles. The number of aryl methyl sites for hydroxylation is 1. The lowest BCUT2D eigenvalue weighted by Crippen LogP contribution is -2.26. The van der Waals surface area contributed by atoms with E-state index in [0.29, 0.717) is 0 Å². The monoisotopic (exact) mass is 231 g/mol. The summed E-state index contributed by atoms with van der Waals surface area (Å²) < 4.78 is 0. The number of nitrogens with one attached hydrogen (secondary N) is 2. The first-order valence-corrected chi connectivity index (χ1v) is 6.53. The summed E-state index contributed by atoms with van der Waals surface area (Å²) in [5, 5.41) is 6.61. The molecule has 1 aromatic rings. The third-order valence-electron chi connectivity index (χ3n) is 2.99. The van der Waals surface area contributed by atoms with Crippen molar-refractivity contribution in [1.82, 2.24) is 5.32 Å². The van der Waals surface area contributed by atoms with Gasteiger partial charge in [0.1, 0.15) is 0 Å². The van der Waals surface area contributed by atoms with Crippen molar-refractivity contribution in [2.45, 2.75) is 32.6 Å². The van der Waals surface area contributed by atoms with Crippen LogP contribution in [0.4, 0.5) is 5.69 Å². The molecule has 0 fully saturated rings. The Labute approximate surface area is 103 Å². The van der Waals surface area contributed by atoms with Crippen molar-refractivity contribution >= 4 is 11.6 Å². The largest absolute Gasteiger partial charge is 0.354 e. The molecule has 0 saturated carbocycles. The molecule has 1 heterocycles. The molecule has 1 aromatic carbocycles. The average Bonchev–Trinajstić information content (AvgIpc) is 2.84. The number of benzene rings is 1. The fourth-order valence-corrected chi connectivity index (χ4v) is 2.03. The maximum absolute atomic E-state index is 4.36. The second-order valence-corrected chi connectivity index (χ2v) is 4.40. The quantitative estimate of drug-likeness (QED) is 0.764. The summed E-state index contributed by atoms with van der Waals surface area (Å²) >= 11 is 0. The second kappa shape index (κ2) is 6.28. The minimum Gasteiger partial charge on any atom is -0.354 e. The van der Waals surface area contributed by atoms with Gasteiger partial charge in [-0.05, 0) is 24.5 Å². The second-order valence-electron chi connectivity index (χ2n) is 4.40. The van der Waals surface area contributed by atoms with Crippen LogP contribution in [0.3, 0.4) is 0 Å². The van der Waals surface area contributed by atoms with Crippen LogP contribution in [0, 0.1) is 0 Å². The predicted octanol–water partition coefficient (Wildman–Crippen LogP) is 2.79. The number of nitrogens with zero attached hydrogens (tertiary/aromatic N) is 1. The molecular weight excluding hydrogens is 210 g/mol. The minimum atomic E-state index is 0.875. The molecule has 0 amide bonds. The topological polar surface area (TPSA) is 36.4 Å². The summed E-state index contributed by atoms with van der Waals surface area (Å²) in [5.41, 5.74) is 2.58. The average molecular weight is 231 g/mol. The molecule has 0 radical (unpaired) electrons. The molecule has 1 aliphatic rings. The Hall–Kier alpha value is -1.51. The summed E-state index contributed by atoms with van der Waals surface area (Å²) in [7, 11) is 0. The molecule has 0 atom stereocenters. The van der Waals surface area contributed by atoms with Crippen molar-refractivity contribution in [3.05, 3.63) is 29.8 Å². The molecule has 17 heavy (non-hydrogen) atoms. The van der Waals surface area contributed by atoms with Gasteiger partial charge in [-0.25, -0.2) is 0 Å². The van der Waals surface area contributed by atoms with E-state index in [4.69, 9.17) is 0 Å². The molecule has 2 rings (SSSR count). The fraction of sp³-hybridized carbons (Fsp3) is 0.500. The van der Waals surface area contributed by atoms with Gasteiger partial charge in [-0.2, -0.15) is 0 Å². The van der Waals surface area contributed by atoms with E-state index in [2.05, 4.69) is 46.8 Å². The first-order valence-electron chi connectivity index (χ1n) is 6.53. The highest BCUT2D eigenvalue weighted by Gasteiger charge is 2.07. The number of para-hydroxylation sites is 1. The van der Waals surface area contributed by atoms with E-state index in [0.717, 1.165) is 25.5 Å². The predicted molar refractivity (Wildman–Crippen MR) is 73.6 cm³/mol. The standard InChI is InChI=1S/C14H21N3/c1-2-3-4-7-12-8-5-6-9-13(12)17-14-15-10-11-16-14/h5-6,8-9H,2-4,7,10-11H2,1H3,(H2,15,16,17). The Morgan fingerprint density at radius 3 is 2.94 bits per heavy atom. The van der Waals surface area contributed by atoms with E-state index < -0.39 is 0 Å². The van der Waals surface area contributed by atoms with Crippen molar-refractivity contribution in [2.75, 3.05) is 18.4 Å². The molecule has 0 unspecified atom stereocenters. The zero-order valence-corrected chi connectivity index (χ0v) is 10.5. The van der Waals surface area contributed by atoms with Crippen LogP contribution in [0.5, 0.6) is 0 Å². The van der Waals surface area contributed by atoms with Crippen LogP contribution >= 0.6 is 0 Å². The normalized spacial score (nSPS) is 14.3. The molecule has 2 N–H and O–H groups in total. The van der Waals surface area contributed by atoms with E-state index in [-0.39, 0.29) is 0 Å². The SMILES string of the molecule is CCCCCc1ccccc1NC1=NCCN1. The summed E-state index contributed by atoms with van der Waals surface area (Å²) in [6.07, 6.45) is 4.97. The van der Waals surface area contributed by atoms with E-state index in [1.165, 1.54) is 30.5 Å². The van der Waals surface area contributed by atoms with Crippen molar-refractivity contribution in [3.8, 4) is 0 Å². The smallest absolute Gasteiger partial charge is 0.195 e. The molecule has 92 valence electrons. The number of guanidine groups is 1. The number of hydrogen-bond acceptors (Lipinski definition) is 3. The van der Waals surface area contributed by atoms with Crippen molar-refractivity contribution in [1.29, 1.82) is 0 Å². The Morgan fingerprint density at radius 1 is 1.29 bits per heavy atom. The van der Waals surface area contributed by atoms with E-state index in [9.17, 15) is 0 Å². The van der Waals surface area contributed by atoms with Gasteiger partial charge in [0.15, 0.2) is 5.96 Å². The lowest BCUT2D eigenvalue weighted by atomic mass is 10.1. The summed E-state index contributed by atoms with van der Waals surface area (Å²) in [5.74, 6) is 0.910. The van der Waals surface area contributed by atoms with Gasteiger partial charge in [0.25, 0.3) is 0 Å². The van der Waals surface area contributed by atoms with Crippen LogP contribution in [0.15, 0.2) is 29.3 Å². The van der Waals surface area contributed by atoms with E-state index >= 15 is 0 Å². The molecule has 0 bridgehead atoms. The maximum atomic E-state index is 4.36. The highest BCUT2D eigenvalue weighted by Crippen LogP contribution is 2.18. The van der Waals surface area contributed by atoms with Crippen LogP contribution in [-0.2, 0) is 6.42 Å². The first-order chi connectivity index (χ1) is 8.40. The van der Waals surface area contributed by atoms with E-state index in [1.54, 1.807) is 0 Å². The number of unbranched alkanes of at least 4 members (excludes halogenated alkanes) is 2. The third-order valence-corrected chi connectivity index (χ3v) is 2.99. The van der Waals surface area contributed by atoms with Crippen LogP contribution < -0.4 is 10.6 Å². The molecular formula is C14H21N3. The van der Waals surface area contributed by atoms with Crippen molar-refractivity contribution in [3.63, 3.8) is 0 Å². The zero-order chi connectivity index (χ0) is 11.9. The molecule has 3 nitrogen and oxygen atoms in total. The van der Waals surface area contributed by atoms with Crippen molar-refractivity contribution in [2.24, 2.45) is 4.99 Å². The van der Waals surface area contributed by atoms with Gasteiger partial charge in [-0.15, -0.1) is 0 Å². The number of anilines is 1. The molecule has 3 heteroatoms. The third kappa shape index (κ3) is 3.48. The number of hydrogen-bond donors (Lipinski definition) is 2. The molecule has 0 saturated heterocycles. The van der Waals surface area contributed by atoms with Gasteiger partial charge in [0.05, 0.1) is 6.54 Å². The number of aliphatic imine (C=N–C) groups is 1. The van der Waals surface area contributed by atoms with Gasteiger partial charge in [0, 0.05) is 12.2 Å². The van der Waals surface area contributed by atoms with Crippen LogP contribution in [-0.4, -0.2) is 19.0 Å². The first kappa shape index (κ1) is 12.0. The Bertz CT molecular complexity index is 385. The Balaban J connectivity index is 1.99. The van der Waals surface area contributed by atoms with E-state index in [1.807, 2.05) is 0 Å². The highest BCUT2D eigenvalue weighted by atomic mass is 15.2. The van der Waals surface area contributed by atoms with Crippen molar-refractivity contribution < 1.29 is 0 Å². The van der Waals surface area contributed by atoms with Gasteiger partial charge in [-0.3, -0.25) is 4.99 Å². The van der Waals surface area contributed by atoms with Gasteiger partial charge in [0.2, 0.25) is 0 Å². The summed E-state index contributed by atoms with van der Waals surface area (Å²) in [4.78, 5) is 4.36. The molecule has 0 aliphatic carbocycles. The van der Waals surface area contributed by atoms with Gasteiger partial charge >= 0.3 is 0 Å². The summed E-state index contributed by atoms with van der Waals surface area (Å²) in [6, 6.07) is 8.51. The minimum absolute atomic E-state index is 0.875. The Kier molecular flexibility index (Phi) is 4.42. The number of rotatable bonds is 5. The lowest BCUT2D eigenvalue weighted by molar-refractivity contribution is 0.718. The van der Waals surface area contributed by atoms with Crippen LogP contribution in [0.25, 0.3) is 0 Å². The summed E-state index contributed by atoms with van der Waals surface area (Å²) in [6.45, 7) is 4.06. The lowest BCUT2D eigenvalue weighted by Gasteiger charge is -2.11. The van der Waals surface area contributed by atoms with Gasteiger partial charge < -0.3 is 10.6 Å². The zero-order valence-electron chi connectivity index (χ0n) is 10.5. The van der Waals surface area contributed by atoms with Crippen LogP contribution in [0.1, 0.15) is 31.7 Å².